The van der Waals surface area contributed by atoms with Gasteiger partial charge >= 0.3 is 0 Å². The number of hydrogen-bond acceptors (Lipinski definition) is 3. The van der Waals surface area contributed by atoms with Gasteiger partial charge in [-0.3, -0.25) is 9.59 Å². The summed E-state index contributed by atoms with van der Waals surface area (Å²) in [5.74, 6) is 0.218. The highest BCUT2D eigenvalue weighted by Crippen LogP contribution is 2.16. The molecule has 1 saturated heterocycles. The Morgan fingerprint density at radius 3 is 2.56 bits per heavy atom. The standard InChI is InChI=1S/C21H27N3O2.ClH/c1-15-10-13-24(16(2)18-6-4-3-5-7-18)21(26)19(15)20(25)23-14-17-8-11-22-12-9-17;/h3-7,10,13,16-17,22H,8-9,11-12,14H2,1-2H3,(H,23,25);1H. The third-order valence-electron chi connectivity index (χ3n) is 5.26. The monoisotopic (exact) mass is 389 g/mol. The number of pyridine rings is 1. The molecule has 27 heavy (non-hydrogen) atoms. The number of benzene rings is 1. The number of nitrogens with one attached hydrogen (secondary N) is 2. The number of rotatable bonds is 5. The van der Waals surface area contributed by atoms with E-state index >= 15 is 0 Å². The molecule has 5 nitrogen and oxygen atoms in total. The molecule has 0 bridgehead atoms. The second-order valence-corrected chi connectivity index (χ2v) is 7.08. The second kappa shape index (κ2) is 9.72. The number of nitrogens with zero attached hydrogens (tertiary/aromatic N) is 1. The third kappa shape index (κ3) is 4.99. The molecule has 1 unspecified atom stereocenters. The van der Waals surface area contributed by atoms with E-state index in [-0.39, 0.29) is 35.5 Å². The second-order valence-electron chi connectivity index (χ2n) is 7.08. The Morgan fingerprint density at radius 2 is 1.89 bits per heavy atom. The Bertz CT molecular complexity index is 814. The van der Waals surface area contributed by atoms with Crippen molar-refractivity contribution in [1.82, 2.24) is 15.2 Å². The largest absolute Gasteiger partial charge is 0.352 e. The molecule has 0 aliphatic carbocycles. The van der Waals surface area contributed by atoms with Gasteiger partial charge in [-0.05, 0) is 62.9 Å². The van der Waals surface area contributed by atoms with Gasteiger partial charge in [0.25, 0.3) is 11.5 Å². The maximum Gasteiger partial charge on any atom is 0.264 e. The summed E-state index contributed by atoms with van der Waals surface area (Å²) in [4.78, 5) is 25.7. The fourth-order valence-electron chi connectivity index (χ4n) is 3.53. The zero-order valence-electron chi connectivity index (χ0n) is 15.9. The fraction of sp³-hybridized carbons (Fsp3) is 0.429. The first-order valence-electron chi connectivity index (χ1n) is 9.33. The van der Waals surface area contributed by atoms with Crippen LogP contribution in [0.15, 0.2) is 47.4 Å². The minimum Gasteiger partial charge on any atom is -0.352 e. The van der Waals surface area contributed by atoms with E-state index in [1.54, 1.807) is 10.8 Å². The molecule has 0 radical (unpaired) electrons. The number of amides is 1. The van der Waals surface area contributed by atoms with Crippen LogP contribution < -0.4 is 16.2 Å². The lowest BCUT2D eigenvalue weighted by Crippen LogP contribution is -2.39. The van der Waals surface area contributed by atoms with E-state index in [2.05, 4.69) is 10.6 Å². The molecule has 2 N–H and O–H groups in total. The van der Waals surface area contributed by atoms with Gasteiger partial charge in [-0.1, -0.05) is 30.3 Å². The molecular formula is C21H28ClN3O2. The molecule has 1 aliphatic rings. The van der Waals surface area contributed by atoms with Gasteiger partial charge in [-0.15, -0.1) is 12.4 Å². The van der Waals surface area contributed by atoms with Crippen LogP contribution in [-0.2, 0) is 0 Å². The number of piperidine rings is 1. The molecule has 1 fully saturated rings. The first-order valence-corrected chi connectivity index (χ1v) is 9.33. The first kappa shape index (κ1) is 21.2. The predicted molar refractivity (Wildman–Crippen MR) is 111 cm³/mol. The van der Waals surface area contributed by atoms with Crippen molar-refractivity contribution >= 4 is 18.3 Å². The first-order chi connectivity index (χ1) is 12.6. The summed E-state index contributed by atoms with van der Waals surface area (Å²) in [5.41, 5.74) is 1.78. The molecule has 146 valence electrons. The van der Waals surface area contributed by atoms with Crippen molar-refractivity contribution < 1.29 is 4.79 Å². The van der Waals surface area contributed by atoms with E-state index < -0.39 is 0 Å². The van der Waals surface area contributed by atoms with Gasteiger partial charge in [0.15, 0.2) is 0 Å². The van der Waals surface area contributed by atoms with Gasteiger partial charge in [-0.2, -0.15) is 0 Å². The maximum atomic E-state index is 13.0. The van der Waals surface area contributed by atoms with Crippen LogP contribution in [0.4, 0.5) is 0 Å². The average Bonchev–Trinajstić information content (AvgIpc) is 2.67. The Kier molecular flexibility index (Phi) is 7.63. The van der Waals surface area contributed by atoms with E-state index in [0.717, 1.165) is 31.5 Å². The molecule has 6 heteroatoms. The normalized spacial score (nSPS) is 15.6. The van der Waals surface area contributed by atoms with E-state index in [0.29, 0.717) is 18.0 Å². The van der Waals surface area contributed by atoms with Gasteiger partial charge in [0.05, 0.1) is 6.04 Å². The number of carbonyl (C=O) groups is 1. The summed E-state index contributed by atoms with van der Waals surface area (Å²) < 4.78 is 1.64. The van der Waals surface area contributed by atoms with Crippen molar-refractivity contribution in [3.05, 3.63) is 69.6 Å². The number of carbonyl (C=O) groups excluding carboxylic acids is 1. The summed E-state index contributed by atoms with van der Waals surface area (Å²) in [5, 5.41) is 6.30. The van der Waals surface area contributed by atoms with Gasteiger partial charge in [0, 0.05) is 12.7 Å². The van der Waals surface area contributed by atoms with Crippen LogP contribution in [0.1, 0.15) is 47.3 Å². The van der Waals surface area contributed by atoms with Crippen LogP contribution in [0.5, 0.6) is 0 Å². The minimum absolute atomic E-state index is 0. The van der Waals surface area contributed by atoms with E-state index in [9.17, 15) is 9.59 Å². The number of halogens is 1. The van der Waals surface area contributed by atoms with Crippen molar-refractivity contribution in [3.8, 4) is 0 Å². The smallest absolute Gasteiger partial charge is 0.264 e. The lowest BCUT2D eigenvalue weighted by molar-refractivity contribution is 0.0941. The third-order valence-corrected chi connectivity index (χ3v) is 5.26. The van der Waals surface area contributed by atoms with Crippen LogP contribution in [0.3, 0.4) is 0 Å². The van der Waals surface area contributed by atoms with Crippen LogP contribution in [-0.4, -0.2) is 30.1 Å². The van der Waals surface area contributed by atoms with Crippen LogP contribution >= 0.6 is 12.4 Å². The van der Waals surface area contributed by atoms with Crippen molar-refractivity contribution in [1.29, 1.82) is 0 Å². The van der Waals surface area contributed by atoms with E-state index in [4.69, 9.17) is 0 Å². The highest BCUT2D eigenvalue weighted by Gasteiger charge is 2.20. The summed E-state index contributed by atoms with van der Waals surface area (Å²) in [6.07, 6.45) is 3.89. The van der Waals surface area contributed by atoms with Crippen molar-refractivity contribution in [2.24, 2.45) is 5.92 Å². The molecule has 1 aliphatic heterocycles. The molecule has 1 amide bonds. The summed E-state index contributed by atoms with van der Waals surface area (Å²) in [6.45, 7) is 6.41. The summed E-state index contributed by atoms with van der Waals surface area (Å²) in [7, 11) is 0. The van der Waals surface area contributed by atoms with Gasteiger partial charge in [0.1, 0.15) is 5.56 Å². The van der Waals surface area contributed by atoms with Gasteiger partial charge in [-0.25, -0.2) is 0 Å². The SMILES string of the molecule is Cc1ccn(C(C)c2ccccc2)c(=O)c1C(=O)NCC1CCNCC1.Cl. The number of hydrogen-bond donors (Lipinski definition) is 2. The van der Waals surface area contributed by atoms with E-state index in [1.807, 2.05) is 50.2 Å². The fourth-order valence-corrected chi connectivity index (χ4v) is 3.53. The molecule has 2 heterocycles. The molecule has 2 aromatic rings. The Morgan fingerprint density at radius 1 is 1.22 bits per heavy atom. The van der Waals surface area contributed by atoms with Crippen molar-refractivity contribution in [2.75, 3.05) is 19.6 Å². The Labute approximate surface area is 166 Å². The molecule has 0 spiro atoms. The predicted octanol–water partition coefficient (Wildman–Crippen LogP) is 2.92. The molecule has 3 rings (SSSR count). The quantitative estimate of drug-likeness (QED) is 0.826. The number of aryl methyl sites for hydroxylation is 1. The molecule has 1 aromatic heterocycles. The Hall–Kier alpha value is -2.11. The molecule has 1 aromatic carbocycles. The lowest BCUT2D eigenvalue weighted by atomic mass is 9.98. The molecule has 0 saturated carbocycles. The van der Waals surface area contributed by atoms with Crippen molar-refractivity contribution in [2.45, 2.75) is 32.7 Å². The summed E-state index contributed by atoms with van der Waals surface area (Å²) >= 11 is 0. The topological polar surface area (TPSA) is 63.1 Å². The molecule has 1 atom stereocenters. The van der Waals surface area contributed by atoms with Crippen LogP contribution in [0.2, 0.25) is 0 Å². The Balaban J connectivity index is 0.00000261. The average molecular weight is 390 g/mol. The van der Waals surface area contributed by atoms with Gasteiger partial charge < -0.3 is 15.2 Å². The zero-order chi connectivity index (χ0) is 18.5. The van der Waals surface area contributed by atoms with Crippen molar-refractivity contribution in [3.63, 3.8) is 0 Å². The molecular weight excluding hydrogens is 362 g/mol. The number of aromatic nitrogens is 1. The van der Waals surface area contributed by atoms with Gasteiger partial charge in [0.2, 0.25) is 0 Å². The minimum atomic E-state index is -0.263. The zero-order valence-corrected chi connectivity index (χ0v) is 16.7. The van der Waals surface area contributed by atoms with Crippen LogP contribution in [0.25, 0.3) is 0 Å². The highest BCUT2D eigenvalue weighted by atomic mass is 35.5. The lowest BCUT2D eigenvalue weighted by Gasteiger charge is -2.23. The van der Waals surface area contributed by atoms with Crippen LogP contribution in [0, 0.1) is 12.8 Å². The van der Waals surface area contributed by atoms with E-state index in [1.165, 1.54) is 0 Å². The maximum absolute atomic E-state index is 13.0. The highest BCUT2D eigenvalue weighted by molar-refractivity contribution is 5.95. The summed E-state index contributed by atoms with van der Waals surface area (Å²) in [6, 6.07) is 11.6.